The molecule has 2 atom stereocenters. The molecule has 0 aromatic heterocycles. The summed E-state index contributed by atoms with van der Waals surface area (Å²) in [6, 6.07) is 0. The van der Waals surface area contributed by atoms with Crippen molar-refractivity contribution in [1.29, 1.82) is 0 Å². The second-order valence-corrected chi connectivity index (χ2v) is 4.68. The number of thioether (sulfide) groups is 1. The van der Waals surface area contributed by atoms with Crippen LogP contribution >= 0.6 is 24.4 Å². The Morgan fingerprint density at radius 3 is 2.40 bits per heavy atom. The Labute approximate surface area is 74.6 Å². The van der Waals surface area contributed by atoms with Gasteiger partial charge in [-0.3, -0.25) is 0 Å². The van der Waals surface area contributed by atoms with Gasteiger partial charge in [0.05, 0.1) is 0 Å². The third-order valence-electron chi connectivity index (χ3n) is 1.55. The fraction of sp³-hybridized carbons (Fsp3) is 1.00. The van der Waals surface area contributed by atoms with Gasteiger partial charge in [0.1, 0.15) is 0 Å². The summed E-state index contributed by atoms with van der Waals surface area (Å²) < 4.78 is 0. The predicted molar refractivity (Wildman–Crippen MR) is 55.2 cm³/mol. The summed E-state index contributed by atoms with van der Waals surface area (Å²) in [5, 5.41) is 0.822. The lowest BCUT2D eigenvalue weighted by atomic mass is 10.3. The summed E-state index contributed by atoms with van der Waals surface area (Å²) in [4.78, 5) is 0. The first-order chi connectivity index (χ1) is 4.70. The molecule has 0 aliphatic rings. The molecular formula is C8H18S2. The molecule has 10 heavy (non-hydrogen) atoms. The molecule has 0 N–H and O–H groups in total. The van der Waals surface area contributed by atoms with Crippen molar-refractivity contribution in [3.05, 3.63) is 0 Å². The van der Waals surface area contributed by atoms with Gasteiger partial charge in [0, 0.05) is 5.25 Å². The molecule has 0 saturated carbocycles. The fourth-order valence-electron chi connectivity index (χ4n) is 0.499. The van der Waals surface area contributed by atoms with Crippen LogP contribution in [0.1, 0.15) is 27.2 Å². The Morgan fingerprint density at radius 2 is 2.00 bits per heavy atom. The zero-order chi connectivity index (χ0) is 7.98. The number of rotatable bonds is 5. The van der Waals surface area contributed by atoms with Crippen LogP contribution in [0.3, 0.4) is 0 Å². The van der Waals surface area contributed by atoms with Crippen molar-refractivity contribution >= 4 is 24.4 Å². The van der Waals surface area contributed by atoms with Crippen LogP contribution in [0.4, 0.5) is 0 Å². The molecule has 0 radical (unpaired) electrons. The summed E-state index contributed by atoms with van der Waals surface area (Å²) in [6.07, 6.45) is 1.28. The molecule has 2 unspecified atom stereocenters. The van der Waals surface area contributed by atoms with Gasteiger partial charge in [0.15, 0.2) is 0 Å². The van der Waals surface area contributed by atoms with Crippen LogP contribution in [0.25, 0.3) is 0 Å². The molecule has 0 amide bonds. The van der Waals surface area contributed by atoms with E-state index in [1.807, 2.05) is 0 Å². The van der Waals surface area contributed by atoms with Crippen LogP contribution in [0.2, 0.25) is 0 Å². The van der Waals surface area contributed by atoms with Crippen molar-refractivity contribution in [2.75, 3.05) is 11.5 Å². The lowest BCUT2D eigenvalue weighted by Gasteiger charge is -2.11. The molecule has 0 rings (SSSR count). The summed E-state index contributed by atoms with van der Waals surface area (Å²) in [5.74, 6) is 3.05. The van der Waals surface area contributed by atoms with E-state index >= 15 is 0 Å². The maximum atomic E-state index is 4.23. The molecule has 0 saturated heterocycles. The van der Waals surface area contributed by atoms with Crippen LogP contribution < -0.4 is 0 Å². The highest BCUT2D eigenvalue weighted by Gasteiger charge is 2.02. The average Bonchev–Trinajstić information content (AvgIpc) is 1.99. The lowest BCUT2D eigenvalue weighted by Crippen LogP contribution is -2.03. The van der Waals surface area contributed by atoms with Gasteiger partial charge < -0.3 is 0 Å². The Bertz CT molecular complexity index is 63.7. The van der Waals surface area contributed by atoms with E-state index in [1.165, 1.54) is 12.2 Å². The molecule has 0 aliphatic carbocycles. The molecule has 0 bridgehead atoms. The van der Waals surface area contributed by atoms with Crippen LogP contribution in [-0.4, -0.2) is 16.8 Å². The van der Waals surface area contributed by atoms with E-state index in [-0.39, 0.29) is 0 Å². The van der Waals surface area contributed by atoms with Crippen molar-refractivity contribution in [1.82, 2.24) is 0 Å². The topological polar surface area (TPSA) is 0 Å². The minimum atomic E-state index is 0.766. The Balaban J connectivity index is 3.17. The summed E-state index contributed by atoms with van der Waals surface area (Å²) >= 11 is 6.29. The molecule has 62 valence electrons. The largest absolute Gasteiger partial charge is 0.179 e. The van der Waals surface area contributed by atoms with Crippen molar-refractivity contribution in [2.24, 2.45) is 5.92 Å². The maximum Gasteiger partial charge on any atom is 0.00161 e. The first-order valence-corrected chi connectivity index (χ1v) is 5.61. The van der Waals surface area contributed by atoms with Crippen molar-refractivity contribution in [2.45, 2.75) is 32.4 Å². The molecule has 0 nitrogen and oxygen atoms in total. The van der Waals surface area contributed by atoms with E-state index in [4.69, 9.17) is 0 Å². The monoisotopic (exact) mass is 178 g/mol. The average molecular weight is 178 g/mol. The van der Waals surface area contributed by atoms with Crippen molar-refractivity contribution in [3.63, 3.8) is 0 Å². The second-order valence-electron chi connectivity index (χ2n) is 2.84. The van der Waals surface area contributed by atoms with Gasteiger partial charge >= 0.3 is 0 Å². The van der Waals surface area contributed by atoms with E-state index < -0.39 is 0 Å². The fourth-order valence-corrected chi connectivity index (χ4v) is 1.81. The third kappa shape index (κ3) is 5.48. The highest BCUT2D eigenvalue weighted by molar-refractivity contribution is 7.99. The third-order valence-corrected chi connectivity index (χ3v) is 3.84. The predicted octanol–water partition coefficient (Wildman–Crippen LogP) is 3.08. The normalized spacial score (nSPS) is 16.8. The van der Waals surface area contributed by atoms with Gasteiger partial charge in [0.2, 0.25) is 0 Å². The van der Waals surface area contributed by atoms with Gasteiger partial charge in [-0.15, -0.1) is 0 Å². The van der Waals surface area contributed by atoms with Gasteiger partial charge in [-0.1, -0.05) is 20.8 Å². The van der Waals surface area contributed by atoms with Crippen LogP contribution in [0, 0.1) is 5.92 Å². The number of thiol groups is 1. The Morgan fingerprint density at radius 1 is 1.40 bits per heavy atom. The Hall–Kier alpha value is 0.700. The van der Waals surface area contributed by atoms with Crippen molar-refractivity contribution in [3.8, 4) is 0 Å². The number of hydrogen-bond donors (Lipinski definition) is 1. The van der Waals surface area contributed by atoms with Gasteiger partial charge in [-0.25, -0.2) is 0 Å². The van der Waals surface area contributed by atoms with E-state index in [2.05, 4.69) is 45.2 Å². The number of hydrogen-bond acceptors (Lipinski definition) is 2. The van der Waals surface area contributed by atoms with Crippen LogP contribution in [0.5, 0.6) is 0 Å². The molecule has 0 spiro atoms. The molecule has 0 aromatic rings. The highest BCUT2D eigenvalue weighted by Crippen LogP contribution is 2.17. The van der Waals surface area contributed by atoms with E-state index in [0.29, 0.717) is 0 Å². The van der Waals surface area contributed by atoms with E-state index in [1.54, 1.807) is 0 Å². The smallest absolute Gasteiger partial charge is 0.00161 e. The zero-order valence-electron chi connectivity index (χ0n) is 7.13. The molecule has 0 fully saturated rings. The first kappa shape index (κ1) is 10.7. The van der Waals surface area contributed by atoms with Gasteiger partial charge in [-0.05, 0) is 23.8 Å². The van der Waals surface area contributed by atoms with Crippen molar-refractivity contribution < 1.29 is 0 Å². The molecule has 0 aliphatic heterocycles. The van der Waals surface area contributed by atoms with E-state index in [9.17, 15) is 0 Å². The van der Waals surface area contributed by atoms with Gasteiger partial charge in [0.25, 0.3) is 0 Å². The van der Waals surface area contributed by atoms with Gasteiger partial charge in [-0.2, -0.15) is 24.4 Å². The molecular weight excluding hydrogens is 160 g/mol. The first-order valence-electron chi connectivity index (χ1n) is 3.93. The minimum absolute atomic E-state index is 0.766. The SMILES string of the molecule is CCC(C)SCC(C)CS. The second kappa shape index (κ2) is 6.41. The molecule has 0 aromatic carbocycles. The zero-order valence-corrected chi connectivity index (χ0v) is 8.84. The molecule has 0 heterocycles. The standard InChI is InChI=1S/C8H18S2/c1-4-8(3)10-6-7(2)5-9/h7-9H,4-6H2,1-3H3. The van der Waals surface area contributed by atoms with E-state index in [0.717, 1.165) is 16.9 Å². The quantitative estimate of drug-likeness (QED) is 0.631. The molecule has 2 heteroatoms. The summed E-state index contributed by atoms with van der Waals surface area (Å²) in [6.45, 7) is 6.78. The highest BCUT2D eigenvalue weighted by atomic mass is 32.2. The Kier molecular flexibility index (Phi) is 6.86. The van der Waals surface area contributed by atoms with Crippen LogP contribution in [0.15, 0.2) is 0 Å². The maximum absolute atomic E-state index is 4.23. The minimum Gasteiger partial charge on any atom is -0.179 e. The lowest BCUT2D eigenvalue weighted by molar-refractivity contribution is 0.761. The summed E-state index contributed by atoms with van der Waals surface area (Å²) in [5.41, 5.74) is 0. The van der Waals surface area contributed by atoms with Crippen LogP contribution in [-0.2, 0) is 0 Å². The summed E-state index contributed by atoms with van der Waals surface area (Å²) in [7, 11) is 0.